The molecule has 2 atom stereocenters. The first kappa shape index (κ1) is 24.2. The van der Waals surface area contributed by atoms with E-state index in [0.717, 1.165) is 11.1 Å². The van der Waals surface area contributed by atoms with Gasteiger partial charge in [0.05, 0.1) is 26.6 Å². The molecule has 1 amide bonds. The first-order valence-electron chi connectivity index (χ1n) is 10.5. The van der Waals surface area contributed by atoms with Crippen molar-refractivity contribution >= 4 is 11.9 Å². The van der Waals surface area contributed by atoms with E-state index in [1.54, 1.807) is 25.4 Å². The van der Waals surface area contributed by atoms with Gasteiger partial charge in [-0.25, -0.2) is 4.98 Å². The average Bonchev–Trinajstić information content (AvgIpc) is 3.02. The third kappa shape index (κ3) is 6.19. The van der Waals surface area contributed by atoms with Crippen LogP contribution in [-0.4, -0.2) is 48.1 Å². The van der Waals surface area contributed by atoms with Crippen molar-refractivity contribution in [2.75, 3.05) is 14.2 Å². The number of allylic oxidation sites excluding steroid dienone is 4. The molecule has 0 N–H and O–H groups in total. The van der Waals surface area contributed by atoms with Crippen LogP contribution in [0.15, 0.2) is 60.0 Å². The lowest BCUT2D eigenvalue weighted by Gasteiger charge is -2.37. The summed E-state index contributed by atoms with van der Waals surface area (Å²) in [6.07, 6.45) is 10.9. The van der Waals surface area contributed by atoms with Gasteiger partial charge < -0.3 is 14.4 Å². The van der Waals surface area contributed by atoms with Crippen LogP contribution >= 0.6 is 0 Å². The van der Waals surface area contributed by atoms with Gasteiger partial charge in [0.15, 0.2) is 0 Å². The molecule has 0 aromatic carbocycles. The van der Waals surface area contributed by atoms with Gasteiger partial charge in [0.1, 0.15) is 0 Å². The maximum Gasteiger partial charge on any atom is 0.306 e. The van der Waals surface area contributed by atoms with Gasteiger partial charge >= 0.3 is 5.97 Å². The van der Waals surface area contributed by atoms with Crippen molar-refractivity contribution in [3.63, 3.8) is 0 Å². The number of carbonyl (C=O) groups excluding carboxylic acids is 2. The summed E-state index contributed by atoms with van der Waals surface area (Å²) < 4.78 is 10.1. The van der Waals surface area contributed by atoms with E-state index in [1.165, 1.54) is 7.11 Å². The quantitative estimate of drug-likeness (QED) is 0.439. The second-order valence-corrected chi connectivity index (χ2v) is 7.96. The van der Waals surface area contributed by atoms with E-state index in [-0.39, 0.29) is 30.4 Å². The van der Waals surface area contributed by atoms with Crippen molar-refractivity contribution in [2.24, 2.45) is 5.92 Å². The third-order valence-corrected chi connectivity index (χ3v) is 5.25. The number of esters is 1. The number of nitrogens with zero attached hydrogens (tertiary/aromatic N) is 2. The normalized spacial score (nSPS) is 14.8. The lowest BCUT2D eigenvalue weighted by atomic mass is 9.78. The first-order chi connectivity index (χ1) is 14.8. The van der Waals surface area contributed by atoms with Gasteiger partial charge in [-0.2, -0.15) is 0 Å². The Kier molecular flexibility index (Phi) is 8.83. The number of hydrogen-bond donors (Lipinski definition) is 0. The van der Waals surface area contributed by atoms with Gasteiger partial charge in [0.25, 0.3) is 0 Å². The molecule has 31 heavy (non-hydrogen) atoms. The second kappa shape index (κ2) is 11.3. The molecule has 2 rings (SSSR count). The second-order valence-electron chi connectivity index (χ2n) is 7.96. The number of ether oxygens (including phenoxy) is 2. The summed E-state index contributed by atoms with van der Waals surface area (Å²) >= 11 is 0. The number of pyridine rings is 1. The smallest absolute Gasteiger partial charge is 0.306 e. The number of carbonyl (C=O) groups is 2. The number of rotatable bonds is 9. The monoisotopic (exact) mass is 424 g/mol. The minimum Gasteiger partial charge on any atom is -0.481 e. The van der Waals surface area contributed by atoms with Gasteiger partial charge in [-0.05, 0) is 51.0 Å². The maximum absolute atomic E-state index is 14.0. The van der Waals surface area contributed by atoms with Crippen molar-refractivity contribution in [2.45, 2.75) is 52.1 Å². The zero-order chi connectivity index (χ0) is 23.0. The number of aromatic nitrogens is 1. The van der Waals surface area contributed by atoms with Crippen LogP contribution in [0.4, 0.5) is 0 Å². The van der Waals surface area contributed by atoms with Gasteiger partial charge in [0, 0.05) is 30.3 Å². The molecule has 0 aliphatic heterocycles. The Morgan fingerprint density at radius 2 is 1.81 bits per heavy atom. The highest BCUT2D eigenvalue weighted by atomic mass is 16.5. The molecule has 1 aromatic heterocycles. The summed E-state index contributed by atoms with van der Waals surface area (Å²) in [5, 5.41) is 0. The van der Waals surface area contributed by atoms with Crippen molar-refractivity contribution < 1.29 is 19.1 Å². The van der Waals surface area contributed by atoms with E-state index in [2.05, 4.69) is 10.7 Å². The topological polar surface area (TPSA) is 68.7 Å². The van der Waals surface area contributed by atoms with Gasteiger partial charge in [-0.15, -0.1) is 5.73 Å². The fraction of sp³-hybridized carbons (Fsp3) is 0.440. The molecule has 0 bridgehead atoms. The molecule has 1 heterocycles. The molecular formula is C25H32N2O4. The van der Waals surface area contributed by atoms with Crippen molar-refractivity contribution in [3.05, 3.63) is 65.6 Å². The van der Waals surface area contributed by atoms with Crippen LogP contribution in [-0.2, 0) is 14.3 Å². The highest BCUT2D eigenvalue weighted by molar-refractivity contribution is 5.85. The molecule has 1 aliphatic carbocycles. The SMILES string of the molecule is COC(=O)CC(c1ccc(OC)nc1)C(C(=O)N(C(C)C)C(C)C)C1=CC=CC=C=C1. The van der Waals surface area contributed by atoms with E-state index in [4.69, 9.17) is 9.47 Å². The summed E-state index contributed by atoms with van der Waals surface area (Å²) in [5.41, 5.74) is 4.64. The highest BCUT2D eigenvalue weighted by Gasteiger charge is 2.38. The lowest BCUT2D eigenvalue weighted by molar-refractivity contribution is -0.142. The Balaban J connectivity index is 2.65. The maximum atomic E-state index is 14.0. The fourth-order valence-corrected chi connectivity index (χ4v) is 3.90. The van der Waals surface area contributed by atoms with E-state index in [1.807, 2.05) is 63.0 Å². The molecule has 0 fully saturated rings. The molecule has 0 saturated heterocycles. The Bertz CT molecular complexity index is 883. The van der Waals surface area contributed by atoms with Crippen molar-refractivity contribution in [3.8, 4) is 5.88 Å². The summed E-state index contributed by atoms with van der Waals surface area (Å²) in [6, 6.07) is 3.59. The summed E-state index contributed by atoms with van der Waals surface area (Å²) in [7, 11) is 2.90. The van der Waals surface area contributed by atoms with E-state index >= 15 is 0 Å². The van der Waals surface area contributed by atoms with Crippen LogP contribution in [0, 0.1) is 5.92 Å². The standard InChI is InChI=1S/C25H32N2O4/c1-17(2)27(18(3)4)25(29)24(19-11-9-7-8-10-12-19)21(15-23(28)31-6)20-13-14-22(30-5)26-16-20/h7-9,11-14,16-18,21,24H,15H2,1-6H3. The summed E-state index contributed by atoms with van der Waals surface area (Å²) in [5.74, 6) is -1.04. The molecule has 1 aromatic rings. The zero-order valence-corrected chi connectivity index (χ0v) is 19.2. The largest absolute Gasteiger partial charge is 0.481 e. The zero-order valence-electron chi connectivity index (χ0n) is 19.2. The molecular weight excluding hydrogens is 392 g/mol. The van der Waals surface area contributed by atoms with Crippen LogP contribution in [0.3, 0.4) is 0 Å². The number of hydrogen-bond acceptors (Lipinski definition) is 5. The van der Waals surface area contributed by atoms with E-state index < -0.39 is 11.8 Å². The molecule has 166 valence electrons. The van der Waals surface area contributed by atoms with Crippen molar-refractivity contribution in [1.29, 1.82) is 0 Å². The molecule has 0 saturated carbocycles. The van der Waals surface area contributed by atoms with Gasteiger partial charge in [0.2, 0.25) is 11.8 Å². The van der Waals surface area contributed by atoms with Crippen LogP contribution in [0.2, 0.25) is 0 Å². The Labute approximate surface area is 184 Å². The van der Waals surface area contributed by atoms with Gasteiger partial charge in [-0.1, -0.05) is 24.3 Å². The van der Waals surface area contributed by atoms with E-state index in [0.29, 0.717) is 5.88 Å². The molecule has 6 heteroatoms. The van der Waals surface area contributed by atoms with Crippen LogP contribution in [0.25, 0.3) is 0 Å². The molecule has 6 nitrogen and oxygen atoms in total. The minimum absolute atomic E-state index is 0.00390. The lowest BCUT2D eigenvalue weighted by Crippen LogP contribution is -2.47. The first-order valence-corrected chi connectivity index (χ1v) is 10.5. The van der Waals surface area contributed by atoms with E-state index in [9.17, 15) is 9.59 Å². The molecule has 0 spiro atoms. The number of methoxy groups -OCH3 is 2. The molecule has 0 radical (unpaired) electrons. The Hall–Kier alpha value is -3.11. The minimum atomic E-state index is -0.609. The fourth-order valence-electron chi connectivity index (χ4n) is 3.90. The summed E-state index contributed by atoms with van der Waals surface area (Å²) in [6.45, 7) is 7.99. The predicted molar refractivity (Wildman–Crippen MR) is 121 cm³/mol. The Morgan fingerprint density at radius 1 is 1.10 bits per heavy atom. The number of amides is 1. The Morgan fingerprint density at radius 3 is 2.35 bits per heavy atom. The van der Waals surface area contributed by atoms with Crippen LogP contribution in [0.5, 0.6) is 5.88 Å². The highest BCUT2D eigenvalue weighted by Crippen LogP contribution is 2.37. The average molecular weight is 425 g/mol. The van der Waals surface area contributed by atoms with Crippen LogP contribution in [0.1, 0.15) is 45.6 Å². The van der Waals surface area contributed by atoms with Crippen LogP contribution < -0.4 is 4.74 Å². The summed E-state index contributed by atoms with van der Waals surface area (Å²) in [4.78, 5) is 32.5. The van der Waals surface area contributed by atoms with Crippen molar-refractivity contribution in [1.82, 2.24) is 9.88 Å². The predicted octanol–water partition coefficient (Wildman–Crippen LogP) is 4.21. The molecule has 1 aliphatic rings. The van der Waals surface area contributed by atoms with Gasteiger partial charge in [-0.3, -0.25) is 9.59 Å². The molecule has 2 unspecified atom stereocenters. The third-order valence-electron chi connectivity index (χ3n) is 5.25.